The number of rotatable bonds is 5. The fourth-order valence-electron chi connectivity index (χ4n) is 1.73. The van der Waals surface area contributed by atoms with Gasteiger partial charge >= 0.3 is 5.97 Å². The van der Waals surface area contributed by atoms with Crippen LogP contribution in [0.25, 0.3) is 0 Å². The number of nitrogens with zero attached hydrogens (tertiary/aromatic N) is 1. The number of likely N-dealkylation sites (tertiary alicyclic amines) is 1. The Balaban J connectivity index is 2.86. The molecule has 17 heavy (non-hydrogen) atoms. The van der Waals surface area contributed by atoms with Gasteiger partial charge in [0.2, 0.25) is 5.91 Å². The van der Waals surface area contributed by atoms with Gasteiger partial charge in [0, 0.05) is 25.5 Å². The first kappa shape index (κ1) is 13.9. The van der Waals surface area contributed by atoms with Crippen LogP contribution >= 0.6 is 0 Å². The number of carbonyl (C=O) groups excluding carboxylic acids is 1. The molecule has 9 heteroatoms. The van der Waals surface area contributed by atoms with Gasteiger partial charge in [-0.1, -0.05) is 0 Å². The number of carboxylic acid groups (broad SMARTS) is 1. The number of hydrogen-bond donors (Lipinski definition) is 3. The molecule has 0 saturated carbocycles. The standard InChI is InChI=1S/C8H13NO7S/c10-3-5-1-7(11)9(2-5)6(8(12)13)4-17(14,15)16/h5-6,10H,1-4H2,(H,12,13)(H,14,15,16). The van der Waals surface area contributed by atoms with Crippen LogP contribution in [0.4, 0.5) is 0 Å². The number of carbonyl (C=O) groups is 2. The molecule has 1 fully saturated rings. The van der Waals surface area contributed by atoms with Crippen LogP contribution in [0, 0.1) is 5.92 Å². The highest BCUT2D eigenvalue weighted by atomic mass is 32.2. The molecule has 0 bridgehead atoms. The molecule has 8 nitrogen and oxygen atoms in total. The average Bonchev–Trinajstić information content (AvgIpc) is 2.54. The smallest absolute Gasteiger partial charge is 0.327 e. The van der Waals surface area contributed by atoms with E-state index in [4.69, 9.17) is 14.8 Å². The summed E-state index contributed by atoms with van der Waals surface area (Å²) in [6, 6.07) is -1.62. The Kier molecular flexibility index (Phi) is 4.07. The summed E-state index contributed by atoms with van der Waals surface area (Å²) in [7, 11) is -4.49. The van der Waals surface area contributed by atoms with E-state index < -0.39 is 39.7 Å². The minimum absolute atomic E-state index is 0.0221. The van der Waals surface area contributed by atoms with Crippen LogP contribution in [0.2, 0.25) is 0 Å². The van der Waals surface area contributed by atoms with Gasteiger partial charge in [-0.2, -0.15) is 8.42 Å². The van der Waals surface area contributed by atoms with E-state index in [0.717, 1.165) is 4.90 Å². The number of carboxylic acids is 1. The Morgan fingerprint density at radius 1 is 1.53 bits per heavy atom. The molecule has 0 radical (unpaired) electrons. The van der Waals surface area contributed by atoms with Crippen molar-refractivity contribution in [3.05, 3.63) is 0 Å². The van der Waals surface area contributed by atoms with Gasteiger partial charge < -0.3 is 15.1 Å². The van der Waals surface area contributed by atoms with E-state index in [1.165, 1.54) is 0 Å². The highest BCUT2D eigenvalue weighted by Crippen LogP contribution is 2.20. The molecule has 0 aliphatic carbocycles. The van der Waals surface area contributed by atoms with Gasteiger partial charge in [-0.3, -0.25) is 9.35 Å². The lowest BCUT2D eigenvalue weighted by molar-refractivity contribution is -0.147. The van der Waals surface area contributed by atoms with E-state index in [-0.39, 0.29) is 19.6 Å². The minimum atomic E-state index is -4.49. The molecule has 1 heterocycles. The topological polar surface area (TPSA) is 132 Å². The van der Waals surface area contributed by atoms with Gasteiger partial charge in [0.15, 0.2) is 0 Å². The molecule has 0 spiro atoms. The molecule has 98 valence electrons. The molecule has 0 aromatic rings. The zero-order valence-corrected chi connectivity index (χ0v) is 9.63. The second-order valence-corrected chi connectivity index (χ2v) is 5.40. The van der Waals surface area contributed by atoms with Crippen molar-refractivity contribution >= 4 is 22.0 Å². The van der Waals surface area contributed by atoms with E-state index in [1.54, 1.807) is 0 Å². The zero-order valence-electron chi connectivity index (χ0n) is 8.81. The lowest BCUT2D eigenvalue weighted by atomic mass is 10.1. The molecule has 0 aromatic heterocycles. The van der Waals surface area contributed by atoms with E-state index in [0.29, 0.717) is 0 Å². The van der Waals surface area contributed by atoms with Gasteiger partial charge in [-0.05, 0) is 0 Å². The summed E-state index contributed by atoms with van der Waals surface area (Å²) >= 11 is 0. The summed E-state index contributed by atoms with van der Waals surface area (Å²) in [5.41, 5.74) is 0. The number of aliphatic carboxylic acids is 1. The molecule has 3 N–H and O–H groups in total. The lowest BCUT2D eigenvalue weighted by Gasteiger charge is -2.23. The van der Waals surface area contributed by atoms with E-state index in [2.05, 4.69) is 0 Å². The molecular formula is C8H13NO7S. The summed E-state index contributed by atoms with van der Waals surface area (Å²) < 4.78 is 30.0. The summed E-state index contributed by atoms with van der Waals surface area (Å²) in [6.07, 6.45) is -0.0221. The quantitative estimate of drug-likeness (QED) is 0.499. The van der Waals surface area contributed by atoms with Gasteiger partial charge in [-0.15, -0.1) is 0 Å². The fraction of sp³-hybridized carbons (Fsp3) is 0.750. The van der Waals surface area contributed by atoms with Crippen LogP contribution in [0.5, 0.6) is 0 Å². The van der Waals surface area contributed by atoms with Crippen LogP contribution in [0.1, 0.15) is 6.42 Å². The SMILES string of the molecule is O=C(O)C(CS(=O)(=O)O)N1CC(CO)CC1=O. The largest absolute Gasteiger partial charge is 0.480 e. The second-order valence-electron chi connectivity index (χ2n) is 3.90. The molecule has 1 aliphatic heterocycles. The van der Waals surface area contributed by atoms with Crippen LogP contribution in [0.3, 0.4) is 0 Å². The van der Waals surface area contributed by atoms with Gasteiger partial charge in [0.1, 0.15) is 11.8 Å². The number of aliphatic hydroxyl groups excluding tert-OH is 1. The van der Waals surface area contributed by atoms with E-state index in [9.17, 15) is 18.0 Å². The Morgan fingerprint density at radius 3 is 2.47 bits per heavy atom. The number of hydrogen-bond acceptors (Lipinski definition) is 5. The maximum Gasteiger partial charge on any atom is 0.327 e. The molecule has 1 aliphatic rings. The predicted molar refractivity (Wildman–Crippen MR) is 54.7 cm³/mol. The summed E-state index contributed by atoms with van der Waals surface area (Å²) in [4.78, 5) is 23.2. The molecule has 1 rings (SSSR count). The molecule has 1 saturated heterocycles. The van der Waals surface area contributed by atoms with Crippen molar-refractivity contribution < 1.29 is 32.8 Å². The molecule has 0 aromatic carbocycles. The van der Waals surface area contributed by atoms with Crippen LogP contribution in [0.15, 0.2) is 0 Å². The first-order valence-electron chi connectivity index (χ1n) is 4.83. The van der Waals surface area contributed by atoms with Crippen LogP contribution in [-0.2, 0) is 19.7 Å². The Bertz CT molecular complexity index is 418. The van der Waals surface area contributed by atoms with E-state index in [1.807, 2.05) is 0 Å². The summed E-state index contributed by atoms with van der Waals surface area (Å²) in [5, 5.41) is 17.7. The highest BCUT2D eigenvalue weighted by Gasteiger charge is 2.39. The fourth-order valence-corrected chi connectivity index (χ4v) is 2.45. The second kappa shape index (κ2) is 4.98. The Morgan fingerprint density at radius 2 is 2.12 bits per heavy atom. The van der Waals surface area contributed by atoms with Crippen molar-refractivity contribution in [1.82, 2.24) is 4.90 Å². The van der Waals surface area contributed by atoms with Crippen LogP contribution < -0.4 is 0 Å². The average molecular weight is 267 g/mol. The van der Waals surface area contributed by atoms with Crippen molar-refractivity contribution in [3.8, 4) is 0 Å². The molecule has 2 unspecified atom stereocenters. The zero-order chi connectivity index (χ0) is 13.2. The first-order chi connectivity index (χ1) is 7.74. The Hall–Kier alpha value is -1.19. The van der Waals surface area contributed by atoms with Gasteiger partial charge in [0.05, 0.1) is 0 Å². The Labute approximate surface area is 97.6 Å². The number of aliphatic hydroxyl groups is 1. The third-order valence-corrected chi connectivity index (χ3v) is 3.26. The molecular weight excluding hydrogens is 254 g/mol. The van der Waals surface area contributed by atoms with Crippen molar-refractivity contribution in [2.45, 2.75) is 12.5 Å². The monoisotopic (exact) mass is 267 g/mol. The van der Waals surface area contributed by atoms with Gasteiger partial charge in [-0.25, -0.2) is 4.79 Å². The molecule has 2 atom stereocenters. The number of amides is 1. The maximum atomic E-state index is 11.5. The minimum Gasteiger partial charge on any atom is -0.480 e. The summed E-state index contributed by atoms with van der Waals surface area (Å²) in [5.74, 6) is -3.49. The van der Waals surface area contributed by atoms with Crippen molar-refractivity contribution in [2.24, 2.45) is 5.92 Å². The van der Waals surface area contributed by atoms with E-state index >= 15 is 0 Å². The highest BCUT2D eigenvalue weighted by molar-refractivity contribution is 7.85. The van der Waals surface area contributed by atoms with Crippen molar-refractivity contribution in [3.63, 3.8) is 0 Å². The maximum absolute atomic E-state index is 11.5. The lowest BCUT2D eigenvalue weighted by Crippen LogP contribution is -2.46. The summed E-state index contributed by atoms with van der Waals surface area (Å²) in [6.45, 7) is -0.303. The first-order valence-corrected chi connectivity index (χ1v) is 6.44. The van der Waals surface area contributed by atoms with Crippen molar-refractivity contribution in [1.29, 1.82) is 0 Å². The predicted octanol–water partition coefficient (Wildman–Crippen LogP) is -1.83. The molecule has 1 amide bonds. The third kappa shape index (κ3) is 3.65. The van der Waals surface area contributed by atoms with Gasteiger partial charge in [0.25, 0.3) is 10.1 Å². The van der Waals surface area contributed by atoms with Crippen LogP contribution in [-0.4, -0.2) is 64.9 Å². The third-order valence-electron chi connectivity index (χ3n) is 2.53. The normalized spacial score (nSPS) is 22.8. The van der Waals surface area contributed by atoms with Crippen molar-refractivity contribution in [2.75, 3.05) is 18.9 Å².